The van der Waals surface area contributed by atoms with Crippen molar-refractivity contribution >= 4 is 45.4 Å². The molecule has 31 heavy (non-hydrogen) atoms. The van der Waals surface area contributed by atoms with Crippen molar-refractivity contribution in [2.75, 3.05) is 42.9 Å². The Labute approximate surface area is 192 Å². The van der Waals surface area contributed by atoms with E-state index < -0.39 is 5.91 Å². The van der Waals surface area contributed by atoms with Gasteiger partial charge in [0.15, 0.2) is 0 Å². The van der Waals surface area contributed by atoms with Gasteiger partial charge in [-0.1, -0.05) is 24.6 Å². The van der Waals surface area contributed by atoms with Crippen LogP contribution in [0.25, 0.3) is 0 Å². The Hall–Kier alpha value is -2.09. The number of hydrogen-bond acceptors (Lipinski definition) is 5. The molecule has 2 aromatic rings. The highest BCUT2D eigenvalue weighted by atomic mass is 35.5. The van der Waals surface area contributed by atoms with Crippen molar-refractivity contribution in [3.05, 3.63) is 44.8 Å². The minimum absolute atomic E-state index is 0.0958. The number of rotatable bonds is 5. The Morgan fingerprint density at radius 1 is 1.26 bits per heavy atom. The van der Waals surface area contributed by atoms with Crippen LogP contribution in [0.15, 0.2) is 18.2 Å². The molecule has 1 atom stereocenters. The number of nitrogens with zero attached hydrogens (tertiary/aromatic N) is 2. The van der Waals surface area contributed by atoms with Gasteiger partial charge in [-0.2, -0.15) is 0 Å². The maximum Gasteiger partial charge on any atom is 0.251 e. The van der Waals surface area contributed by atoms with E-state index in [2.05, 4.69) is 29.0 Å². The van der Waals surface area contributed by atoms with Crippen LogP contribution in [0.3, 0.4) is 0 Å². The molecule has 2 aliphatic rings. The van der Waals surface area contributed by atoms with E-state index in [1.165, 1.54) is 21.8 Å². The molecule has 2 amide bonds. The van der Waals surface area contributed by atoms with Gasteiger partial charge in [-0.15, -0.1) is 11.3 Å². The number of hydrogen-bond donors (Lipinski definition) is 2. The Bertz CT molecular complexity index is 998. The van der Waals surface area contributed by atoms with Crippen LogP contribution in [0.1, 0.15) is 39.7 Å². The van der Waals surface area contributed by atoms with Crippen LogP contribution in [0, 0.1) is 12.8 Å². The molecule has 0 spiro atoms. The third-order valence-corrected chi connectivity index (χ3v) is 7.67. The molecular formula is C23H29ClN4O2S. The average molecular weight is 461 g/mol. The van der Waals surface area contributed by atoms with Gasteiger partial charge in [0.05, 0.1) is 12.1 Å². The summed E-state index contributed by atoms with van der Waals surface area (Å²) in [6, 6.07) is 5.95. The molecule has 166 valence electrons. The number of primary amides is 1. The van der Waals surface area contributed by atoms with Crippen LogP contribution in [-0.4, -0.2) is 49.4 Å². The fourth-order valence-electron chi connectivity index (χ4n) is 4.54. The van der Waals surface area contributed by atoms with Crippen molar-refractivity contribution in [3.63, 3.8) is 0 Å². The summed E-state index contributed by atoms with van der Waals surface area (Å²) in [4.78, 5) is 30.5. The predicted molar refractivity (Wildman–Crippen MR) is 127 cm³/mol. The highest BCUT2D eigenvalue weighted by Crippen LogP contribution is 2.39. The van der Waals surface area contributed by atoms with Crippen molar-refractivity contribution in [1.29, 1.82) is 0 Å². The maximum atomic E-state index is 12.8. The standard InChI is InChI=1S/C23H29ClN4O2S/c1-14-3-6-17-19(11-14)31-23(21(17)22(25)30)26-20(29)13-27-7-9-28(10-8-27)18-12-16(24)5-4-15(18)2/h4-5,12,14H,3,6-11,13H2,1-2H3,(H2,25,30)(H,26,29). The third kappa shape index (κ3) is 4.89. The number of carbonyl (C=O) groups is 2. The van der Waals surface area contributed by atoms with Crippen LogP contribution >= 0.6 is 22.9 Å². The lowest BCUT2D eigenvalue weighted by Crippen LogP contribution is -2.48. The molecule has 4 rings (SSSR count). The number of nitrogens with two attached hydrogens (primary N) is 1. The van der Waals surface area contributed by atoms with E-state index in [0.29, 0.717) is 23.0 Å². The lowest BCUT2D eigenvalue weighted by Gasteiger charge is -2.36. The second kappa shape index (κ2) is 9.18. The molecular weight excluding hydrogens is 432 g/mol. The summed E-state index contributed by atoms with van der Waals surface area (Å²) in [5.74, 6) is 0.0456. The normalized spacial score (nSPS) is 19.2. The van der Waals surface area contributed by atoms with Gasteiger partial charge in [0, 0.05) is 41.8 Å². The molecule has 1 aromatic heterocycles. The first-order valence-corrected chi connectivity index (χ1v) is 12.0. The topological polar surface area (TPSA) is 78.7 Å². The first kappa shape index (κ1) is 22.1. The zero-order valence-corrected chi connectivity index (χ0v) is 19.6. The van der Waals surface area contributed by atoms with Crippen molar-refractivity contribution in [3.8, 4) is 0 Å². The molecule has 6 nitrogen and oxygen atoms in total. The van der Waals surface area contributed by atoms with Crippen LogP contribution < -0.4 is 16.0 Å². The molecule has 3 N–H and O–H groups in total. The van der Waals surface area contributed by atoms with Gasteiger partial charge in [0.25, 0.3) is 5.91 Å². The van der Waals surface area contributed by atoms with Crippen LogP contribution in [0.4, 0.5) is 10.7 Å². The van der Waals surface area contributed by atoms with E-state index in [9.17, 15) is 9.59 Å². The van der Waals surface area contributed by atoms with Crippen molar-refractivity contribution in [2.24, 2.45) is 11.7 Å². The predicted octanol–water partition coefficient (Wildman–Crippen LogP) is 3.69. The highest BCUT2D eigenvalue weighted by Gasteiger charge is 2.28. The highest BCUT2D eigenvalue weighted by molar-refractivity contribution is 7.17. The van der Waals surface area contributed by atoms with E-state index >= 15 is 0 Å². The van der Waals surface area contributed by atoms with Gasteiger partial charge < -0.3 is 16.0 Å². The second-order valence-corrected chi connectivity index (χ2v) is 10.2. The fraction of sp³-hybridized carbons (Fsp3) is 0.478. The molecule has 0 saturated carbocycles. The lowest BCUT2D eigenvalue weighted by molar-refractivity contribution is -0.117. The Kier molecular flexibility index (Phi) is 6.55. The number of piperazine rings is 1. The lowest BCUT2D eigenvalue weighted by atomic mass is 9.88. The number of amides is 2. The maximum absolute atomic E-state index is 12.8. The minimum atomic E-state index is -0.451. The Balaban J connectivity index is 1.37. The molecule has 1 fully saturated rings. The van der Waals surface area contributed by atoms with Crippen molar-refractivity contribution in [1.82, 2.24) is 4.90 Å². The third-order valence-electron chi connectivity index (χ3n) is 6.26. The number of thiophene rings is 1. The molecule has 1 aromatic carbocycles. The van der Waals surface area contributed by atoms with Crippen LogP contribution in [0.5, 0.6) is 0 Å². The largest absolute Gasteiger partial charge is 0.369 e. The molecule has 1 aliphatic heterocycles. The van der Waals surface area contributed by atoms with Crippen molar-refractivity contribution < 1.29 is 9.59 Å². The van der Waals surface area contributed by atoms with Gasteiger partial charge in [0.1, 0.15) is 5.00 Å². The van der Waals surface area contributed by atoms with Crippen LogP contribution in [-0.2, 0) is 17.6 Å². The molecule has 8 heteroatoms. The van der Waals surface area contributed by atoms with Gasteiger partial charge in [-0.25, -0.2) is 0 Å². The number of fused-ring (bicyclic) bond motifs is 1. The van der Waals surface area contributed by atoms with Gasteiger partial charge >= 0.3 is 0 Å². The summed E-state index contributed by atoms with van der Waals surface area (Å²) in [6.07, 6.45) is 2.85. The smallest absolute Gasteiger partial charge is 0.251 e. The number of carbonyl (C=O) groups excluding carboxylic acids is 2. The van der Waals surface area contributed by atoms with Crippen molar-refractivity contribution in [2.45, 2.75) is 33.1 Å². The Morgan fingerprint density at radius 2 is 2.00 bits per heavy atom. The van der Waals surface area contributed by atoms with Gasteiger partial charge in [0.2, 0.25) is 5.91 Å². The summed E-state index contributed by atoms with van der Waals surface area (Å²) in [5, 5.41) is 4.33. The number of benzene rings is 1. The summed E-state index contributed by atoms with van der Waals surface area (Å²) < 4.78 is 0. The molecule has 1 saturated heterocycles. The van der Waals surface area contributed by atoms with Crippen LogP contribution in [0.2, 0.25) is 5.02 Å². The number of anilines is 2. The fourth-order valence-corrected chi connectivity index (χ4v) is 6.14. The first-order chi connectivity index (χ1) is 14.8. The van der Waals surface area contributed by atoms with E-state index in [4.69, 9.17) is 17.3 Å². The molecule has 1 aliphatic carbocycles. The molecule has 2 heterocycles. The summed E-state index contributed by atoms with van der Waals surface area (Å²) in [7, 11) is 0. The zero-order valence-electron chi connectivity index (χ0n) is 18.0. The zero-order chi connectivity index (χ0) is 22.1. The first-order valence-electron chi connectivity index (χ1n) is 10.8. The minimum Gasteiger partial charge on any atom is -0.369 e. The van der Waals surface area contributed by atoms with Gasteiger partial charge in [-0.3, -0.25) is 14.5 Å². The second-order valence-electron chi connectivity index (χ2n) is 8.66. The summed E-state index contributed by atoms with van der Waals surface area (Å²) in [6.45, 7) is 7.87. The average Bonchev–Trinajstić information content (AvgIpc) is 3.07. The molecule has 1 unspecified atom stereocenters. The Morgan fingerprint density at radius 3 is 2.71 bits per heavy atom. The van der Waals surface area contributed by atoms with E-state index in [0.717, 1.165) is 61.7 Å². The SMILES string of the molecule is Cc1ccc(Cl)cc1N1CCN(CC(=O)Nc2sc3c(c2C(N)=O)CCC(C)C3)CC1. The monoisotopic (exact) mass is 460 g/mol. The molecule has 0 radical (unpaired) electrons. The van der Waals surface area contributed by atoms with Gasteiger partial charge in [-0.05, 0) is 55.4 Å². The summed E-state index contributed by atoms with van der Waals surface area (Å²) >= 11 is 7.68. The molecule has 0 bridgehead atoms. The number of aryl methyl sites for hydroxylation is 1. The van der Waals surface area contributed by atoms with E-state index in [1.54, 1.807) is 0 Å². The number of halogens is 1. The van der Waals surface area contributed by atoms with E-state index in [-0.39, 0.29) is 5.91 Å². The van der Waals surface area contributed by atoms with E-state index in [1.807, 2.05) is 18.2 Å². The summed E-state index contributed by atoms with van der Waals surface area (Å²) in [5.41, 5.74) is 9.57. The number of nitrogens with one attached hydrogen (secondary N) is 1. The quantitative estimate of drug-likeness (QED) is 0.713.